The molecule has 0 fully saturated rings. The maximum absolute atomic E-state index is 2.45. The third-order valence-electron chi connectivity index (χ3n) is 8.22. The van der Waals surface area contributed by atoms with Crippen molar-refractivity contribution in [2.75, 3.05) is 30.8 Å². The van der Waals surface area contributed by atoms with Crippen molar-refractivity contribution >= 4 is 25.8 Å². The van der Waals surface area contributed by atoms with Gasteiger partial charge < -0.3 is 0 Å². The van der Waals surface area contributed by atoms with Crippen LogP contribution in [-0.2, 0) is 0 Å². The molecule has 34 heavy (non-hydrogen) atoms. The van der Waals surface area contributed by atoms with Gasteiger partial charge in [-0.15, -0.1) is 0 Å². The minimum absolute atomic E-state index is 0.198. The van der Waals surface area contributed by atoms with Crippen molar-refractivity contribution in [3.8, 4) is 0 Å². The molecule has 0 aliphatic rings. The molecule has 0 atom stereocenters. The van der Waals surface area contributed by atoms with Gasteiger partial charge in [0.1, 0.15) is 0 Å². The van der Waals surface area contributed by atoms with E-state index in [1.54, 1.807) is 6.16 Å². The third kappa shape index (κ3) is 11.4. The number of hydrogen-bond donors (Lipinski definition) is 0. The zero-order valence-electron chi connectivity index (χ0n) is 22.7. The molecule has 0 saturated carbocycles. The van der Waals surface area contributed by atoms with Crippen molar-refractivity contribution in [3.05, 3.63) is 60.7 Å². The summed E-state index contributed by atoms with van der Waals surface area (Å²) in [6, 6.07) is 22.4. The Morgan fingerprint density at radius 3 is 1.21 bits per heavy atom. The minimum Gasteiger partial charge on any atom is -0.0622 e. The predicted octanol–water partition coefficient (Wildman–Crippen LogP) is 9.61. The third-order valence-corrected chi connectivity index (χ3v) is 16.7. The van der Waals surface area contributed by atoms with Gasteiger partial charge in [-0.1, -0.05) is 60.7 Å². The van der Waals surface area contributed by atoms with E-state index >= 15 is 0 Å². The van der Waals surface area contributed by atoms with Crippen molar-refractivity contribution < 1.29 is 0 Å². The predicted molar refractivity (Wildman–Crippen MR) is 164 cm³/mol. The average Bonchev–Trinajstić information content (AvgIpc) is 2.90. The van der Waals surface area contributed by atoms with Gasteiger partial charge in [-0.05, 0) is 31.1 Å². The first-order valence-electron chi connectivity index (χ1n) is 14.6. The molecule has 0 unspecified atom stereocenters. The molecule has 0 nitrogen and oxygen atoms in total. The molecule has 0 bridgehead atoms. The Bertz CT molecular complexity index is 661. The zero-order valence-corrected chi connectivity index (χ0v) is 24.6. The Labute approximate surface area is 214 Å². The summed E-state index contributed by atoms with van der Waals surface area (Å²) < 4.78 is 0. The summed E-state index contributed by atoms with van der Waals surface area (Å²) in [4.78, 5) is 0. The van der Waals surface area contributed by atoms with Crippen molar-refractivity contribution in [2.24, 2.45) is 0 Å². The van der Waals surface area contributed by atoms with Crippen LogP contribution in [0, 0.1) is 0 Å². The molecule has 2 aromatic carbocycles. The molecule has 0 spiro atoms. The summed E-state index contributed by atoms with van der Waals surface area (Å²) in [5.41, 5.74) is 0. The van der Waals surface area contributed by atoms with Crippen LogP contribution >= 0.6 is 15.2 Å². The second-order valence-corrected chi connectivity index (χ2v) is 18.3. The van der Waals surface area contributed by atoms with Gasteiger partial charge in [-0.25, -0.2) is 0 Å². The summed E-state index contributed by atoms with van der Waals surface area (Å²) in [5.74, 6) is 0. The molecular formula is C32H54P2. The van der Waals surface area contributed by atoms with Gasteiger partial charge in [0.2, 0.25) is 0 Å². The molecule has 2 heteroatoms. The van der Waals surface area contributed by atoms with E-state index in [2.05, 4.69) is 81.4 Å². The van der Waals surface area contributed by atoms with Gasteiger partial charge in [0.15, 0.2) is 0 Å². The molecular weight excluding hydrogens is 446 g/mol. The van der Waals surface area contributed by atoms with Crippen LogP contribution in [0.15, 0.2) is 60.7 Å². The molecule has 0 aromatic heterocycles. The van der Waals surface area contributed by atoms with E-state index in [1.807, 2.05) is 0 Å². The van der Waals surface area contributed by atoms with Crippen LogP contribution in [0.3, 0.4) is 0 Å². The first kappa shape index (κ1) is 29.5. The Morgan fingerprint density at radius 1 is 0.471 bits per heavy atom. The standard InChI is InChI=1S/C32H54P2/c1-4-34(5-2,6-3)30-24-16-14-12-10-8-7-9-11-13-15-23-29-33(31-25-19-17-20-26-31)32-27-21-18-22-28-32/h17-22,25-28,34H,4-16,23-24,29-30H2,1-3H3. The van der Waals surface area contributed by atoms with E-state index in [0.29, 0.717) is 0 Å². The van der Waals surface area contributed by atoms with E-state index in [4.69, 9.17) is 0 Å². The number of benzene rings is 2. The van der Waals surface area contributed by atoms with Crippen LogP contribution < -0.4 is 10.6 Å². The summed E-state index contributed by atoms with van der Waals surface area (Å²) in [5, 5.41) is 3.07. The summed E-state index contributed by atoms with van der Waals surface area (Å²) in [6.07, 6.45) is 24.8. The van der Waals surface area contributed by atoms with Crippen molar-refractivity contribution in [2.45, 2.75) is 97.8 Å². The van der Waals surface area contributed by atoms with Crippen LogP contribution in [-0.4, -0.2) is 30.8 Å². The van der Waals surface area contributed by atoms with E-state index in [0.717, 1.165) is 0 Å². The zero-order chi connectivity index (χ0) is 24.3. The van der Waals surface area contributed by atoms with Crippen molar-refractivity contribution in [1.82, 2.24) is 0 Å². The summed E-state index contributed by atoms with van der Waals surface area (Å²) >= 11 is 0. The SMILES string of the molecule is CC[PH](CC)(CC)CCCCCCCCCCCCCCP(c1ccccc1)c1ccccc1. The fourth-order valence-electron chi connectivity index (χ4n) is 5.44. The monoisotopic (exact) mass is 500 g/mol. The van der Waals surface area contributed by atoms with Crippen LogP contribution in [0.5, 0.6) is 0 Å². The van der Waals surface area contributed by atoms with Gasteiger partial charge in [-0.3, -0.25) is 0 Å². The van der Waals surface area contributed by atoms with E-state index in [1.165, 1.54) is 112 Å². The number of rotatable bonds is 20. The summed E-state index contributed by atoms with van der Waals surface area (Å²) in [7, 11) is -1.06. The second-order valence-electron chi connectivity index (χ2n) is 10.4. The maximum atomic E-state index is 2.45. The Kier molecular flexibility index (Phi) is 16.1. The molecule has 0 N–H and O–H groups in total. The number of unbranched alkanes of at least 4 members (excludes halogenated alkanes) is 11. The molecule has 0 aliphatic heterocycles. The van der Waals surface area contributed by atoms with Crippen LogP contribution in [0.25, 0.3) is 0 Å². The first-order chi connectivity index (χ1) is 16.7. The topological polar surface area (TPSA) is 0 Å². The first-order valence-corrected chi connectivity index (χ1v) is 19.0. The molecule has 0 radical (unpaired) electrons. The van der Waals surface area contributed by atoms with Gasteiger partial charge in [0.05, 0.1) is 0 Å². The van der Waals surface area contributed by atoms with Gasteiger partial charge in [0, 0.05) is 0 Å². The Hall–Kier alpha value is -0.700. The molecule has 192 valence electrons. The summed E-state index contributed by atoms with van der Waals surface area (Å²) in [6.45, 7) is 7.35. The van der Waals surface area contributed by atoms with Crippen molar-refractivity contribution in [3.63, 3.8) is 0 Å². The van der Waals surface area contributed by atoms with Crippen LogP contribution in [0.2, 0.25) is 0 Å². The van der Waals surface area contributed by atoms with Crippen LogP contribution in [0.1, 0.15) is 97.8 Å². The van der Waals surface area contributed by atoms with Gasteiger partial charge in [-0.2, -0.15) is 0 Å². The van der Waals surface area contributed by atoms with Gasteiger partial charge >= 0.3 is 123 Å². The molecule has 0 aliphatic carbocycles. The molecule has 0 heterocycles. The molecule has 2 aromatic rings. The molecule has 0 amide bonds. The van der Waals surface area contributed by atoms with Crippen molar-refractivity contribution in [1.29, 1.82) is 0 Å². The molecule has 0 saturated heterocycles. The molecule has 2 rings (SSSR count). The second kappa shape index (κ2) is 18.6. The Balaban J connectivity index is 1.47. The quantitative estimate of drug-likeness (QED) is 0.125. The fraction of sp³-hybridized carbons (Fsp3) is 0.625. The van der Waals surface area contributed by atoms with E-state index in [9.17, 15) is 0 Å². The van der Waals surface area contributed by atoms with E-state index in [-0.39, 0.29) is 7.92 Å². The normalized spacial score (nSPS) is 12.4. The van der Waals surface area contributed by atoms with Crippen LogP contribution in [0.4, 0.5) is 0 Å². The smallest absolute Gasteiger partial charge is 0.0622 e. The number of hydrogen-bond acceptors (Lipinski definition) is 0. The van der Waals surface area contributed by atoms with E-state index < -0.39 is 7.26 Å². The fourth-order valence-corrected chi connectivity index (χ4v) is 11.4. The van der Waals surface area contributed by atoms with Gasteiger partial charge in [0.25, 0.3) is 0 Å². The average molecular weight is 501 g/mol. The minimum atomic E-state index is -0.858. The Morgan fingerprint density at radius 2 is 0.824 bits per heavy atom.